The summed E-state index contributed by atoms with van der Waals surface area (Å²) >= 11 is 4.45. The topological polar surface area (TPSA) is 93.5 Å². The van der Waals surface area contributed by atoms with Gasteiger partial charge in [-0.2, -0.15) is 17.6 Å². The smallest absolute Gasteiger partial charge is 0.336 e. The van der Waals surface area contributed by atoms with E-state index in [1.807, 2.05) is 32.3 Å². The molecule has 2 N–H and O–H groups in total. The second-order valence-corrected chi connectivity index (χ2v) is 10.2. The van der Waals surface area contributed by atoms with E-state index in [-0.39, 0.29) is 30.1 Å². The number of aromatic nitrogens is 2. The number of amides is 1. The van der Waals surface area contributed by atoms with Gasteiger partial charge >= 0.3 is 5.97 Å². The third-order valence-corrected chi connectivity index (χ3v) is 6.59. The third-order valence-electron chi connectivity index (χ3n) is 6.14. The van der Waals surface area contributed by atoms with Gasteiger partial charge in [0.15, 0.2) is 0 Å². The molecule has 1 atom stereocenters. The van der Waals surface area contributed by atoms with Gasteiger partial charge < -0.3 is 15.2 Å². The SMILES string of the molecule is CCCOc1nc(CC)c(CNC(=O)[C@@H](S)CC(C)C)n1Cc1ccc(-c2ccccc2C(=O)O)c(F)c1. The molecule has 1 amide bonds. The largest absolute Gasteiger partial charge is 0.478 e. The molecule has 1 heterocycles. The molecule has 3 rings (SSSR count). The summed E-state index contributed by atoms with van der Waals surface area (Å²) in [7, 11) is 0. The Morgan fingerprint density at radius 2 is 1.89 bits per heavy atom. The zero-order valence-electron chi connectivity index (χ0n) is 22.3. The lowest BCUT2D eigenvalue weighted by Crippen LogP contribution is -2.32. The molecule has 0 radical (unpaired) electrons. The molecule has 0 aliphatic carbocycles. The van der Waals surface area contributed by atoms with Crippen LogP contribution in [0.1, 0.15) is 67.8 Å². The highest BCUT2D eigenvalue weighted by atomic mass is 32.1. The number of aryl methyl sites for hydroxylation is 1. The van der Waals surface area contributed by atoms with Gasteiger partial charge in [-0.3, -0.25) is 9.36 Å². The number of halogens is 1. The van der Waals surface area contributed by atoms with Gasteiger partial charge in [0.2, 0.25) is 5.91 Å². The first kappa shape index (κ1) is 29.2. The molecule has 0 aliphatic heterocycles. The number of nitrogens with one attached hydrogen (secondary N) is 1. The molecule has 1 aromatic heterocycles. The van der Waals surface area contributed by atoms with E-state index >= 15 is 4.39 Å². The molecule has 38 heavy (non-hydrogen) atoms. The van der Waals surface area contributed by atoms with Crippen molar-refractivity contribution in [1.29, 1.82) is 0 Å². The third kappa shape index (κ3) is 7.16. The van der Waals surface area contributed by atoms with E-state index in [0.717, 1.165) is 17.8 Å². The Morgan fingerprint density at radius 3 is 2.53 bits per heavy atom. The van der Waals surface area contributed by atoms with Crippen molar-refractivity contribution in [2.45, 2.75) is 65.3 Å². The second kappa shape index (κ2) is 13.5. The lowest BCUT2D eigenvalue weighted by atomic mass is 9.98. The van der Waals surface area contributed by atoms with Crippen LogP contribution in [-0.2, 0) is 24.3 Å². The lowest BCUT2D eigenvalue weighted by molar-refractivity contribution is -0.121. The van der Waals surface area contributed by atoms with Crippen molar-refractivity contribution in [3.05, 3.63) is 70.8 Å². The van der Waals surface area contributed by atoms with Crippen molar-refractivity contribution in [3.63, 3.8) is 0 Å². The first-order valence-corrected chi connectivity index (χ1v) is 13.5. The molecule has 9 heteroatoms. The molecule has 0 spiro atoms. The summed E-state index contributed by atoms with van der Waals surface area (Å²) in [4.78, 5) is 28.9. The van der Waals surface area contributed by atoms with Crippen LogP contribution in [-0.4, -0.2) is 38.4 Å². The Labute approximate surface area is 228 Å². The molecule has 0 saturated carbocycles. The van der Waals surface area contributed by atoms with Gasteiger partial charge in [-0.25, -0.2) is 9.18 Å². The number of carboxylic acids is 1. The van der Waals surface area contributed by atoms with Crippen molar-refractivity contribution in [2.75, 3.05) is 6.61 Å². The van der Waals surface area contributed by atoms with E-state index in [4.69, 9.17) is 4.74 Å². The Morgan fingerprint density at radius 1 is 1.16 bits per heavy atom. The van der Waals surface area contributed by atoms with Crippen molar-refractivity contribution >= 4 is 24.5 Å². The van der Waals surface area contributed by atoms with Gasteiger partial charge in [-0.1, -0.05) is 58.0 Å². The minimum Gasteiger partial charge on any atom is -0.478 e. The van der Waals surface area contributed by atoms with E-state index in [1.54, 1.807) is 30.3 Å². The van der Waals surface area contributed by atoms with Crippen LogP contribution in [0.25, 0.3) is 11.1 Å². The second-order valence-electron chi connectivity index (χ2n) is 9.60. The van der Waals surface area contributed by atoms with Crippen LogP contribution in [0.3, 0.4) is 0 Å². The van der Waals surface area contributed by atoms with E-state index in [0.29, 0.717) is 42.5 Å². The van der Waals surface area contributed by atoms with Gasteiger partial charge in [0.1, 0.15) is 5.82 Å². The summed E-state index contributed by atoms with van der Waals surface area (Å²) in [6.45, 7) is 9.05. The quantitative estimate of drug-likeness (QED) is 0.240. The number of carbonyl (C=O) groups is 2. The molecule has 0 fully saturated rings. The molecule has 0 unspecified atom stereocenters. The number of carbonyl (C=O) groups excluding carboxylic acids is 1. The first-order chi connectivity index (χ1) is 18.2. The number of hydrogen-bond donors (Lipinski definition) is 3. The van der Waals surface area contributed by atoms with Gasteiger partial charge in [-0.05, 0) is 48.4 Å². The average Bonchev–Trinajstić information content (AvgIpc) is 3.21. The highest BCUT2D eigenvalue weighted by Gasteiger charge is 2.21. The van der Waals surface area contributed by atoms with Crippen LogP contribution < -0.4 is 10.1 Å². The zero-order valence-corrected chi connectivity index (χ0v) is 23.2. The molecule has 0 saturated heterocycles. The summed E-state index contributed by atoms with van der Waals surface area (Å²) in [5, 5.41) is 12.1. The normalized spacial score (nSPS) is 12.0. The number of aromatic carboxylic acids is 1. The number of ether oxygens (including phenoxy) is 1. The zero-order chi connectivity index (χ0) is 27.8. The Hall–Kier alpha value is -3.33. The van der Waals surface area contributed by atoms with E-state index in [1.165, 1.54) is 12.1 Å². The molecular weight excluding hydrogens is 505 g/mol. The van der Waals surface area contributed by atoms with Crippen molar-refractivity contribution in [2.24, 2.45) is 5.92 Å². The molecule has 0 bridgehead atoms. The predicted molar refractivity (Wildman–Crippen MR) is 149 cm³/mol. The fourth-order valence-electron chi connectivity index (χ4n) is 4.26. The lowest BCUT2D eigenvalue weighted by Gasteiger charge is -2.16. The van der Waals surface area contributed by atoms with E-state index in [2.05, 4.69) is 22.9 Å². The predicted octanol–water partition coefficient (Wildman–Crippen LogP) is 5.75. The molecule has 7 nitrogen and oxygen atoms in total. The number of rotatable bonds is 13. The maximum absolute atomic E-state index is 15.3. The average molecular weight is 542 g/mol. The van der Waals surface area contributed by atoms with Crippen LogP contribution in [0.5, 0.6) is 6.01 Å². The number of hydrogen-bond acceptors (Lipinski definition) is 5. The first-order valence-electron chi connectivity index (χ1n) is 12.9. The van der Waals surface area contributed by atoms with Crippen molar-refractivity contribution < 1.29 is 23.8 Å². The minimum absolute atomic E-state index is 0.0367. The monoisotopic (exact) mass is 541 g/mol. The van der Waals surface area contributed by atoms with Crippen LogP contribution in [0.2, 0.25) is 0 Å². The summed E-state index contributed by atoms with van der Waals surface area (Å²) in [6.07, 6.45) is 2.09. The Balaban J connectivity index is 1.93. The summed E-state index contributed by atoms with van der Waals surface area (Å²) in [6, 6.07) is 11.5. The van der Waals surface area contributed by atoms with Crippen molar-refractivity contribution in [1.82, 2.24) is 14.9 Å². The number of nitrogens with zero attached hydrogens (tertiary/aromatic N) is 2. The number of carboxylic acid groups (broad SMARTS) is 1. The number of benzene rings is 2. The molecule has 204 valence electrons. The Bertz CT molecular complexity index is 1270. The van der Waals surface area contributed by atoms with Crippen molar-refractivity contribution in [3.8, 4) is 17.1 Å². The van der Waals surface area contributed by atoms with Gasteiger partial charge in [0.05, 0.1) is 41.9 Å². The highest BCUT2D eigenvalue weighted by molar-refractivity contribution is 7.81. The van der Waals surface area contributed by atoms with Gasteiger partial charge in [-0.15, -0.1) is 0 Å². The summed E-state index contributed by atoms with van der Waals surface area (Å²) < 4.78 is 23.1. The highest BCUT2D eigenvalue weighted by Crippen LogP contribution is 2.29. The van der Waals surface area contributed by atoms with Crippen LogP contribution in [0, 0.1) is 11.7 Å². The maximum Gasteiger partial charge on any atom is 0.336 e. The Kier molecular flexibility index (Phi) is 10.4. The molecule has 2 aromatic carbocycles. The van der Waals surface area contributed by atoms with Gasteiger partial charge in [0.25, 0.3) is 6.01 Å². The number of imidazole rings is 1. The van der Waals surface area contributed by atoms with Crippen LogP contribution >= 0.6 is 12.6 Å². The maximum atomic E-state index is 15.3. The minimum atomic E-state index is -1.11. The van der Waals surface area contributed by atoms with Gasteiger partial charge in [0, 0.05) is 5.56 Å². The molecular formula is C29H36FN3O4S. The fraction of sp³-hybridized carbons (Fsp3) is 0.414. The summed E-state index contributed by atoms with van der Waals surface area (Å²) in [5.41, 5.74) is 2.81. The van der Waals surface area contributed by atoms with E-state index < -0.39 is 17.0 Å². The molecule has 3 aromatic rings. The fourth-order valence-corrected chi connectivity index (χ4v) is 4.78. The van der Waals surface area contributed by atoms with E-state index in [9.17, 15) is 14.7 Å². The number of thiol groups is 1. The summed E-state index contributed by atoms with van der Waals surface area (Å²) in [5.74, 6) is -1.45. The van der Waals surface area contributed by atoms with Crippen LogP contribution in [0.15, 0.2) is 42.5 Å². The molecule has 0 aliphatic rings. The standard InChI is InChI=1S/C29H36FN3O4S/c1-5-13-37-29-32-24(6-2)25(16-31-27(34)26(38)14-18(3)4)33(29)17-19-11-12-21(23(30)15-19)20-9-7-8-10-22(20)28(35)36/h7-12,15,18,26,38H,5-6,13-14,16-17H2,1-4H3,(H,31,34)(H,35,36)/t26-/m0/s1. The van der Waals surface area contributed by atoms with Crippen LogP contribution in [0.4, 0.5) is 4.39 Å².